The molecule has 0 unspecified atom stereocenters. The summed E-state index contributed by atoms with van der Waals surface area (Å²) in [7, 11) is 0. The van der Waals surface area contributed by atoms with Gasteiger partial charge in [0.2, 0.25) is 0 Å². The van der Waals surface area contributed by atoms with Crippen molar-refractivity contribution >= 4 is 58.2 Å². The Morgan fingerprint density at radius 2 is 1.69 bits per heavy atom. The van der Waals surface area contributed by atoms with Crippen molar-refractivity contribution in [3.63, 3.8) is 0 Å². The monoisotopic (exact) mass is 485 g/mol. The smallest absolute Gasteiger partial charge is 0.336 e. The molecule has 0 aliphatic heterocycles. The van der Waals surface area contributed by atoms with E-state index >= 15 is 0 Å². The van der Waals surface area contributed by atoms with Crippen molar-refractivity contribution in [2.75, 3.05) is 43.9 Å². The van der Waals surface area contributed by atoms with Crippen LogP contribution in [0.25, 0.3) is 11.0 Å². The minimum absolute atomic E-state index is 0. The summed E-state index contributed by atoms with van der Waals surface area (Å²) in [6.45, 7) is 6.91. The lowest BCUT2D eigenvalue weighted by Gasteiger charge is -2.17. The van der Waals surface area contributed by atoms with Crippen LogP contribution in [0, 0.1) is 0 Å². The van der Waals surface area contributed by atoms with Crippen LogP contribution >= 0.6 is 47.2 Å². The van der Waals surface area contributed by atoms with Gasteiger partial charge in [-0.3, -0.25) is 4.90 Å². The average molecular weight is 487 g/mol. The number of rotatable bonds is 9. The summed E-state index contributed by atoms with van der Waals surface area (Å²) in [5.74, 6) is 2.27. The topological polar surface area (TPSA) is 62.9 Å². The largest absolute Gasteiger partial charge is 0.504 e. The van der Waals surface area contributed by atoms with E-state index in [4.69, 9.17) is 44.0 Å². The Bertz CT molecular complexity index is 792. The zero-order chi connectivity index (χ0) is 20.9. The highest BCUT2D eigenvalue weighted by Gasteiger charge is 2.06. The van der Waals surface area contributed by atoms with Gasteiger partial charge in [-0.25, -0.2) is 4.79 Å². The molecule has 0 aliphatic rings. The molecule has 0 amide bonds. The van der Waals surface area contributed by atoms with Crippen LogP contribution in [0.3, 0.4) is 0 Å². The molecule has 0 radical (unpaired) electrons. The first-order chi connectivity index (χ1) is 13.4. The summed E-state index contributed by atoms with van der Waals surface area (Å²) in [5.41, 5.74) is 1.10. The molecule has 0 atom stereocenters. The van der Waals surface area contributed by atoms with Crippen LogP contribution in [0.4, 0.5) is 0 Å². The van der Waals surface area contributed by atoms with Crippen molar-refractivity contribution in [3.8, 4) is 11.5 Å². The quantitative estimate of drug-likeness (QED) is 0.297. The van der Waals surface area contributed by atoms with Gasteiger partial charge in [-0.05, 0) is 32.1 Å². The molecule has 1 N–H and O–H groups in total. The van der Waals surface area contributed by atoms with Gasteiger partial charge in [-0.1, -0.05) is 5.57 Å². The van der Waals surface area contributed by atoms with Crippen molar-refractivity contribution in [1.82, 2.24) is 4.90 Å². The van der Waals surface area contributed by atoms with E-state index in [-0.39, 0.29) is 18.2 Å². The molecule has 9 heteroatoms. The molecule has 0 fully saturated rings. The van der Waals surface area contributed by atoms with Gasteiger partial charge in [0.1, 0.15) is 12.2 Å². The first-order valence-electron chi connectivity index (χ1n) is 8.84. The zero-order valence-corrected chi connectivity index (χ0v) is 19.6. The first kappa shape index (κ1) is 27.9. The van der Waals surface area contributed by atoms with Gasteiger partial charge >= 0.3 is 5.63 Å². The predicted octanol–water partition coefficient (Wildman–Crippen LogP) is 5.27. The lowest BCUT2D eigenvalue weighted by Crippen LogP contribution is -2.29. The normalized spacial score (nSPS) is 10.1. The van der Waals surface area contributed by atoms with E-state index in [1.54, 1.807) is 6.07 Å². The Kier molecular flexibility index (Phi) is 15.1. The molecule has 0 bridgehead atoms. The maximum absolute atomic E-state index is 11.1. The number of allylic oxidation sites excluding steroid dienone is 1. The molecule has 1 heterocycles. The number of halogens is 4. The number of benzene rings is 1. The summed E-state index contributed by atoms with van der Waals surface area (Å²) in [4.78, 5) is 13.2. The van der Waals surface area contributed by atoms with E-state index in [0.717, 1.165) is 25.2 Å². The molecule has 0 aliphatic carbocycles. The molecule has 5 nitrogen and oxygen atoms in total. The van der Waals surface area contributed by atoms with E-state index in [1.165, 1.54) is 18.2 Å². The molecule has 1 aromatic carbocycles. The van der Waals surface area contributed by atoms with Crippen molar-refractivity contribution in [1.29, 1.82) is 0 Å². The highest BCUT2D eigenvalue weighted by atomic mass is 35.5. The fraction of sp³-hybridized carbons (Fsp3) is 0.450. The van der Waals surface area contributed by atoms with Crippen LogP contribution in [0.2, 0.25) is 0 Å². The average Bonchev–Trinajstić information content (AvgIpc) is 2.63. The van der Waals surface area contributed by atoms with Gasteiger partial charge in [-0.15, -0.1) is 47.2 Å². The SMILES string of the molecule is CC(C)=CCOc1cc2oc(=O)ccc2cc1O.Cl.ClCCN(CCCl)CCCl. The maximum Gasteiger partial charge on any atom is 0.336 e. The fourth-order valence-electron chi connectivity index (χ4n) is 2.19. The number of nitrogens with zero attached hydrogens (tertiary/aromatic N) is 1. The standard InChI is InChI=1S/C14H14O4.C6H12Cl3N.ClH/c1-9(2)5-6-17-13-8-12-10(7-11(13)15)3-4-14(16)18-12;7-1-4-10(5-2-8)6-3-9;/h3-5,7-8,15H,6H2,1-2H3;1-6H2;1H. The second-order valence-electron chi connectivity index (χ2n) is 6.11. The minimum Gasteiger partial charge on any atom is -0.504 e. The number of alkyl halides is 3. The van der Waals surface area contributed by atoms with E-state index in [9.17, 15) is 9.90 Å². The Labute approximate surface area is 192 Å². The second-order valence-corrected chi connectivity index (χ2v) is 7.25. The fourth-order valence-corrected chi connectivity index (χ4v) is 2.91. The van der Waals surface area contributed by atoms with Crippen LogP contribution in [-0.2, 0) is 0 Å². The van der Waals surface area contributed by atoms with Crippen LogP contribution in [0.15, 0.2) is 45.1 Å². The van der Waals surface area contributed by atoms with E-state index < -0.39 is 5.63 Å². The van der Waals surface area contributed by atoms with Crippen LogP contribution in [-0.4, -0.2) is 53.9 Å². The van der Waals surface area contributed by atoms with Crippen molar-refractivity contribution in [2.45, 2.75) is 13.8 Å². The summed E-state index contributed by atoms with van der Waals surface area (Å²) < 4.78 is 10.4. The number of hydrogen-bond acceptors (Lipinski definition) is 5. The molecular formula is C20H27Cl4NO4. The molecule has 0 spiro atoms. The van der Waals surface area contributed by atoms with Crippen LogP contribution < -0.4 is 10.4 Å². The summed E-state index contributed by atoms with van der Waals surface area (Å²) >= 11 is 16.6. The van der Waals surface area contributed by atoms with Gasteiger partial charge in [0.25, 0.3) is 0 Å². The molecular weight excluding hydrogens is 460 g/mol. The third-order valence-corrected chi connectivity index (χ3v) is 4.14. The highest BCUT2D eigenvalue weighted by Crippen LogP contribution is 2.30. The molecule has 2 aromatic rings. The maximum atomic E-state index is 11.1. The number of phenolic OH excluding ortho intramolecular Hbond substituents is 1. The van der Waals surface area contributed by atoms with Gasteiger partial charge in [0.05, 0.1) is 0 Å². The molecule has 164 valence electrons. The molecule has 0 saturated carbocycles. The van der Waals surface area contributed by atoms with Crippen LogP contribution in [0.1, 0.15) is 13.8 Å². The van der Waals surface area contributed by atoms with Gasteiger partial charge < -0.3 is 14.3 Å². The Hall–Kier alpha value is -1.11. The van der Waals surface area contributed by atoms with E-state index in [2.05, 4.69) is 4.90 Å². The third-order valence-electron chi connectivity index (χ3n) is 3.63. The minimum atomic E-state index is -0.427. The van der Waals surface area contributed by atoms with Gasteiger partial charge in [0, 0.05) is 54.8 Å². The lowest BCUT2D eigenvalue weighted by atomic mass is 10.2. The Balaban J connectivity index is 0.000000616. The second kappa shape index (κ2) is 15.7. The van der Waals surface area contributed by atoms with Crippen LogP contribution in [0.5, 0.6) is 11.5 Å². The van der Waals surface area contributed by atoms with Gasteiger partial charge in [0.15, 0.2) is 11.5 Å². The van der Waals surface area contributed by atoms with E-state index in [0.29, 0.717) is 41.0 Å². The molecule has 29 heavy (non-hydrogen) atoms. The Morgan fingerprint density at radius 3 is 2.21 bits per heavy atom. The van der Waals surface area contributed by atoms with Crippen molar-refractivity contribution < 1.29 is 14.3 Å². The van der Waals surface area contributed by atoms with E-state index in [1.807, 2.05) is 19.9 Å². The molecule has 1 aromatic heterocycles. The first-order valence-corrected chi connectivity index (χ1v) is 10.4. The highest BCUT2D eigenvalue weighted by molar-refractivity contribution is 6.18. The molecule has 0 saturated heterocycles. The summed E-state index contributed by atoms with van der Waals surface area (Å²) in [6, 6.07) is 5.94. The van der Waals surface area contributed by atoms with Crippen molar-refractivity contribution in [3.05, 3.63) is 46.3 Å². The van der Waals surface area contributed by atoms with Gasteiger partial charge in [-0.2, -0.15) is 0 Å². The molecule has 2 rings (SSSR count). The number of aromatic hydroxyl groups is 1. The summed E-state index contributed by atoms with van der Waals surface area (Å²) in [5, 5.41) is 10.4. The zero-order valence-electron chi connectivity index (χ0n) is 16.5. The Morgan fingerprint density at radius 1 is 1.10 bits per heavy atom. The number of hydrogen-bond donors (Lipinski definition) is 1. The lowest BCUT2D eigenvalue weighted by molar-refractivity contribution is 0.327. The van der Waals surface area contributed by atoms with Crippen molar-refractivity contribution in [2.24, 2.45) is 0 Å². The predicted molar refractivity (Wildman–Crippen MR) is 125 cm³/mol. The number of ether oxygens (including phenoxy) is 1. The number of phenols is 1. The summed E-state index contributed by atoms with van der Waals surface area (Å²) in [6.07, 6.45) is 1.89. The number of fused-ring (bicyclic) bond motifs is 1. The third kappa shape index (κ3) is 11.0.